The van der Waals surface area contributed by atoms with Crippen molar-refractivity contribution in [2.75, 3.05) is 6.54 Å². The molecular weight excluding hydrogens is 200 g/mol. The Bertz CT molecular complexity index is 322. The molecule has 0 bridgehead atoms. The summed E-state index contributed by atoms with van der Waals surface area (Å²) in [5, 5.41) is 0. The lowest BCUT2D eigenvalue weighted by Gasteiger charge is -2.26. The summed E-state index contributed by atoms with van der Waals surface area (Å²) in [5.41, 5.74) is 6.57. The highest BCUT2D eigenvalue weighted by atomic mass is 16.2. The van der Waals surface area contributed by atoms with Crippen molar-refractivity contribution in [2.24, 2.45) is 5.73 Å². The van der Waals surface area contributed by atoms with Crippen LogP contribution in [-0.4, -0.2) is 23.4 Å². The van der Waals surface area contributed by atoms with Crippen LogP contribution >= 0.6 is 0 Å². The number of rotatable bonds is 5. The first-order chi connectivity index (χ1) is 7.65. The largest absolute Gasteiger partial charge is 0.336 e. The molecular formula is C13H20N2O. The Morgan fingerprint density at radius 2 is 1.94 bits per heavy atom. The van der Waals surface area contributed by atoms with Crippen molar-refractivity contribution in [1.29, 1.82) is 0 Å². The van der Waals surface area contributed by atoms with Crippen LogP contribution in [0.1, 0.15) is 25.8 Å². The Labute approximate surface area is 97.2 Å². The molecule has 0 aromatic heterocycles. The molecule has 3 nitrogen and oxygen atoms in total. The van der Waals surface area contributed by atoms with Crippen LogP contribution in [0.2, 0.25) is 0 Å². The zero-order valence-electron chi connectivity index (χ0n) is 10.0. The van der Waals surface area contributed by atoms with Gasteiger partial charge in [0.15, 0.2) is 0 Å². The second-order valence-corrected chi connectivity index (χ2v) is 4.14. The Morgan fingerprint density at radius 3 is 2.44 bits per heavy atom. The van der Waals surface area contributed by atoms with Crippen LogP contribution in [0.15, 0.2) is 30.3 Å². The summed E-state index contributed by atoms with van der Waals surface area (Å²) in [5.74, 6) is 0.126. The van der Waals surface area contributed by atoms with E-state index in [0.717, 1.165) is 5.56 Å². The third-order valence-electron chi connectivity index (χ3n) is 2.50. The molecule has 0 aliphatic rings. The lowest BCUT2D eigenvalue weighted by molar-refractivity contribution is -0.133. The van der Waals surface area contributed by atoms with Crippen LogP contribution in [0.25, 0.3) is 0 Å². The summed E-state index contributed by atoms with van der Waals surface area (Å²) >= 11 is 0. The second kappa shape index (κ2) is 6.28. The van der Waals surface area contributed by atoms with Gasteiger partial charge in [0.2, 0.25) is 5.91 Å². The molecule has 1 aromatic rings. The number of benzene rings is 1. The minimum Gasteiger partial charge on any atom is -0.336 e. The van der Waals surface area contributed by atoms with E-state index in [2.05, 4.69) is 0 Å². The number of nitrogens with zero attached hydrogens (tertiary/aromatic N) is 1. The van der Waals surface area contributed by atoms with Gasteiger partial charge in [0.1, 0.15) is 0 Å². The van der Waals surface area contributed by atoms with E-state index in [4.69, 9.17) is 5.73 Å². The van der Waals surface area contributed by atoms with E-state index in [-0.39, 0.29) is 11.9 Å². The van der Waals surface area contributed by atoms with Gasteiger partial charge >= 0.3 is 0 Å². The summed E-state index contributed by atoms with van der Waals surface area (Å²) < 4.78 is 0. The van der Waals surface area contributed by atoms with Gasteiger partial charge in [-0.15, -0.1) is 0 Å². The smallest absolute Gasteiger partial charge is 0.224 e. The fraction of sp³-hybridized carbons (Fsp3) is 0.462. The van der Waals surface area contributed by atoms with E-state index in [1.54, 1.807) is 0 Å². The molecule has 1 rings (SSSR count). The molecule has 0 aliphatic carbocycles. The maximum absolute atomic E-state index is 11.8. The highest BCUT2D eigenvalue weighted by molar-refractivity contribution is 5.76. The van der Waals surface area contributed by atoms with Gasteiger partial charge in [-0.1, -0.05) is 30.3 Å². The first-order valence-corrected chi connectivity index (χ1v) is 5.68. The first-order valence-electron chi connectivity index (χ1n) is 5.68. The van der Waals surface area contributed by atoms with E-state index in [1.807, 2.05) is 49.1 Å². The number of hydrogen-bond acceptors (Lipinski definition) is 2. The molecule has 1 aromatic carbocycles. The van der Waals surface area contributed by atoms with Crippen molar-refractivity contribution in [1.82, 2.24) is 4.90 Å². The number of amides is 1. The molecule has 3 heteroatoms. The Morgan fingerprint density at radius 1 is 1.31 bits per heavy atom. The van der Waals surface area contributed by atoms with E-state index in [0.29, 0.717) is 19.5 Å². The third kappa shape index (κ3) is 3.66. The van der Waals surface area contributed by atoms with E-state index in [9.17, 15) is 4.79 Å². The van der Waals surface area contributed by atoms with Gasteiger partial charge in [0, 0.05) is 25.6 Å². The maximum Gasteiger partial charge on any atom is 0.224 e. The molecule has 16 heavy (non-hydrogen) atoms. The minimum atomic E-state index is 0.126. The molecule has 0 atom stereocenters. The SMILES string of the molecule is CC(C)N(Cc1ccccc1)C(=O)CCN. The predicted molar refractivity (Wildman–Crippen MR) is 65.8 cm³/mol. The maximum atomic E-state index is 11.8. The normalized spacial score (nSPS) is 10.5. The molecule has 0 aliphatic heterocycles. The summed E-state index contributed by atoms with van der Waals surface area (Å²) in [7, 11) is 0. The zero-order valence-corrected chi connectivity index (χ0v) is 10.0. The zero-order chi connectivity index (χ0) is 12.0. The summed E-state index contributed by atoms with van der Waals surface area (Å²) in [4.78, 5) is 13.7. The standard InChI is InChI=1S/C13H20N2O/c1-11(2)15(13(16)8-9-14)10-12-6-4-3-5-7-12/h3-7,11H,8-10,14H2,1-2H3. The quantitative estimate of drug-likeness (QED) is 0.822. The van der Waals surface area contributed by atoms with Crippen LogP contribution in [0.4, 0.5) is 0 Å². The summed E-state index contributed by atoms with van der Waals surface area (Å²) in [6, 6.07) is 10.2. The number of carbonyl (C=O) groups excluding carboxylic acids is 1. The topological polar surface area (TPSA) is 46.3 Å². The molecule has 0 fully saturated rings. The minimum absolute atomic E-state index is 0.126. The van der Waals surface area contributed by atoms with Crippen molar-refractivity contribution in [3.63, 3.8) is 0 Å². The average Bonchev–Trinajstić information content (AvgIpc) is 2.27. The Hall–Kier alpha value is -1.35. The van der Waals surface area contributed by atoms with Crippen LogP contribution in [0.3, 0.4) is 0 Å². The van der Waals surface area contributed by atoms with Crippen molar-refractivity contribution in [3.8, 4) is 0 Å². The predicted octanol–water partition coefficient (Wildman–Crippen LogP) is 1.77. The van der Waals surface area contributed by atoms with Crippen molar-refractivity contribution in [3.05, 3.63) is 35.9 Å². The summed E-state index contributed by atoms with van der Waals surface area (Å²) in [6.07, 6.45) is 0.422. The summed E-state index contributed by atoms with van der Waals surface area (Å²) in [6.45, 7) is 5.13. The number of hydrogen-bond donors (Lipinski definition) is 1. The average molecular weight is 220 g/mol. The highest BCUT2D eigenvalue weighted by Gasteiger charge is 2.15. The molecule has 0 saturated carbocycles. The molecule has 0 saturated heterocycles. The lowest BCUT2D eigenvalue weighted by atomic mass is 10.2. The molecule has 0 radical (unpaired) electrons. The van der Waals surface area contributed by atoms with E-state index in [1.165, 1.54) is 0 Å². The van der Waals surface area contributed by atoms with Gasteiger partial charge in [-0.2, -0.15) is 0 Å². The van der Waals surface area contributed by atoms with E-state index < -0.39 is 0 Å². The van der Waals surface area contributed by atoms with Crippen molar-refractivity contribution in [2.45, 2.75) is 32.9 Å². The number of carbonyl (C=O) groups is 1. The molecule has 0 heterocycles. The van der Waals surface area contributed by atoms with Crippen LogP contribution in [-0.2, 0) is 11.3 Å². The van der Waals surface area contributed by atoms with Gasteiger partial charge in [0.25, 0.3) is 0 Å². The van der Waals surface area contributed by atoms with Gasteiger partial charge in [-0.05, 0) is 19.4 Å². The Balaban J connectivity index is 2.69. The van der Waals surface area contributed by atoms with Crippen LogP contribution < -0.4 is 5.73 Å². The lowest BCUT2D eigenvalue weighted by Crippen LogP contribution is -2.37. The highest BCUT2D eigenvalue weighted by Crippen LogP contribution is 2.09. The molecule has 1 amide bonds. The monoisotopic (exact) mass is 220 g/mol. The van der Waals surface area contributed by atoms with Gasteiger partial charge in [-0.3, -0.25) is 4.79 Å². The second-order valence-electron chi connectivity index (χ2n) is 4.14. The molecule has 2 N–H and O–H groups in total. The van der Waals surface area contributed by atoms with Crippen LogP contribution in [0.5, 0.6) is 0 Å². The number of nitrogens with two attached hydrogens (primary N) is 1. The Kier molecular flexibility index (Phi) is 4.99. The van der Waals surface area contributed by atoms with Gasteiger partial charge < -0.3 is 10.6 Å². The molecule has 0 unspecified atom stereocenters. The van der Waals surface area contributed by atoms with Gasteiger partial charge in [0.05, 0.1) is 0 Å². The fourth-order valence-corrected chi connectivity index (χ4v) is 1.61. The third-order valence-corrected chi connectivity index (χ3v) is 2.50. The van der Waals surface area contributed by atoms with Crippen molar-refractivity contribution >= 4 is 5.91 Å². The van der Waals surface area contributed by atoms with Gasteiger partial charge in [-0.25, -0.2) is 0 Å². The molecule has 88 valence electrons. The molecule has 0 spiro atoms. The van der Waals surface area contributed by atoms with E-state index >= 15 is 0 Å². The fourth-order valence-electron chi connectivity index (χ4n) is 1.61. The van der Waals surface area contributed by atoms with Crippen molar-refractivity contribution < 1.29 is 4.79 Å². The first kappa shape index (κ1) is 12.7. The van der Waals surface area contributed by atoms with Crippen LogP contribution in [0, 0.1) is 0 Å².